The van der Waals surface area contributed by atoms with Crippen LogP contribution in [0, 0.1) is 0 Å². The highest BCUT2D eigenvalue weighted by atomic mass is 35.5. The van der Waals surface area contributed by atoms with Crippen molar-refractivity contribution >= 4 is 29.6 Å². The molecule has 0 fully saturated rings. The largest absolute Gasteiger partial charge is 0.504 e. The molecule has 2 rings (SSSR count). The van der Waals surface area contributed by atoms with Crippen LogP contribution in [0.2, 0.25) is 5.02 Å². The number of thioether (sulfide) groups is 1. The summed E-state index contributed by atoms with van der Waals surface area (Å²) in [5.74, 6) is 2.45. The van der Waals surface area contributed by atoms with Gasteiger partial charge in [0, 0.05) is 34.9 Å². The molecule has 0 amide bonds. The number of halogens is 1. The first-order valence-corrected chi connectivity index (χ1v) is 8.42. The number of ether oxygens (including phenoxy) is 1. The summed E-state index contributed by atoms with van der Waals surface area (Å²) in [6.07, 6.45) is 1.68. The van der Waals surface area contributed by atoms with E-state index in [4.69, 9.17) is 16.3 Å². The van der Waals surface area contributed by atoms with Crippen LogP contribution in [0.5, 0.6) is 11.5 Å². The monoisotopic (exact) mass is 335 g/mol. The molecule has 0 aliphatic heterocycles. The summed E-state index contributed by atoms with van der Waals surface area (Å²) in [6, 6.07) is 13.2. The average Bonchev–Trinajstić information content (AvgIpc) is 2.54. The molecule has 0 spiro atoms. The molecule has 22 heavy (non-hydrogen) atoms. The van der Waals surface area contributed by atoms with Crippen molar-refractivity contribution in [3.05, 3.63) is 58.6 Å². The molecule has 1 N–H and O–H groups in total. The Balaban J connectivity index is 1.75. The van der Waals surface area contributed by atoms with Crippen molar-refractivity contribution in [3.63, 3.8) is 0 Å². The van der Waals surface area contributed by atoms with E-state index < -0.39 is 0 Å². The zero-order valence-electron chi connectivity index (χ0n) is 12.3. The first-order valence-electron chi connectivity index (χ1n) is 6.88. The lowest BCUT2D eigenvalue weighted by Gasteiger charge is -2.04. The van der Waals surface area contributed by atoms with Gasteiger partial charge in [-0.1, -0.05) is 29.8 Å². The number of hydrogen-bond acceptors (Lipinski definition) is 4. The second-order valence-corrected chi connectivity index (χ2v) is 6.15. The Morgan fingerprint density at radius 1 is 1.23 bits per heavy atom. The van der Waals surface area contributed by atoms with Crippen LogP contribution in [0.4, 0.5) is 0 Å². The smallest absolute Gasteiger partial charge is 0.166 e. The molecule has 0 saturated carbocycles. The molecule has 0 bridgehead atoms. The first-order chi connectivity index (χ1) is 10.7. The third-order valence-electron chi connectivity index (χ3n) is 3.03. The molecular formula is C17H18ClNO2S. The Labute approximate surface area is 140 Å². The number of para-hydroxylation sites is 1. The number of rotatable bonds is 7. The van der Waals surface area contributed by atoms with Gasteiger partial charge in [0.2, 0.25) is 0 Å². The van der Waals surface area contributed by atoms with E-state index in [1.54, 1.807) is 12.3 Å². The lowest BCUT2D eigenvalue weighted by atomic mass is 10.2. The van der Waals surface area contributed by atoms with Crippen molar-refractivity contribution in [1.29, 1.82) is 0 Å². The number of phenols is 1. The molecule has 0 aliphatic carbocycles. The molecule has 0 aromatic heterocycles. The Morgan fingerprint density at radius 3 is 2.73 bits per heavy atom. The van der Waals surface area contributed by atoms with Crippen molar-refractivity contribution in [2.45, 2.75) is 5.75 Å². The molecule has 2 aromatic carbocycles. The van der Waals surface area contributed by atoms with E-state index >= 15 is 0 Å². The summed E-state index contributed by atoms with van der Waals surface area (Å²) in [6.45, 7) is 0.703. The van der Waals surface area contributed by atoms with Gasteiger partial charge in [0.1, 0.15) is 0 Å². The van der Waals surface area contributed by atoms with Crippen LogP contribution >= 0.6 is 23.4 Å². The highest BCUT2D eigenvalue weighted by Crippen LogP contribution is 2.28. The maximum atomic E-state index is 9.93. The Kier molecular flexibility index (Phi) is 6.62. The molecule has 116 valence electrons. The van der Waals surface area contributed by atoms with Crippen LogP contribution in [0.1, 0.15) is 11.1 Å². The minimum absolute atomic E-state index is 0.127. The minimum Gasteiger partial charge on any atom is -0.504 e. The van der Waals surface area contributed by atoms with Crippen molar-refractivity contribution < 1.29 is 9.84 Å². The van der Waals surface area contributed by atoms with Gasteiger partial charge >= 0.3 is 0 Å². The van der Waals surface area contributed by atoms with E-state index in [-0.39, 0.29) is 5.75 Å². The van der Waals surface area contributed by atoms with Gasteiger partial charge in [0.05, 0.1) is 7.11 Å². The van der Waals surface area contributed by atoms with Gasteiger partial charge < -0.3 is 9.84 Å². The maximum Gasteiger partial charge on any atom is 0.166 e. The molecular weight excluding hydrogens is 318 g/mol. The quantitative estimate of drug-likeness (QED) is 0.602. The molecule has 0 heterocycles. The van der Waals surface area contributed by atoms with Gasteiger partial charge in [-0.05, 0) is 29.8 Å². The summed E-state index contributed by atoms with van der Waals surface area (Å²) in [4.78, 5) is 4.34. The van der Waals surface area contributed by atoms with E-state index in [2.05, 4.69) is 4.99 Å². The summed E-state index contributed by atoms with van der Waals surface area (Å²) in [5.41, 5.74) is 1.92. The van der Waals surface area contributed by atoms with Gasteiger partial charge in [0.15, 0.2) is 11.5 Å². The lowest BCUT2D eigenvalue weighted by molar-refractivity contribution is 0.373. The maximum absolute atomic E-state index is 9.93. The van der Waals surface area contributed by atoms with Crippen LogP contribution in [0.15, 0.2) is 47.5 Å². The zero-order chi connectivity index (χ0) is 15.8. The molecule has 2 aromatic rings. The molecule has 3 nitrogen and oxygen atoms in total. The van der Waals surface area contributed by atoms with E-state index in [1.165, 1.54) is 12.7 Å². The molecule has 5 heteroatoms. The fourth-order valence-electron chi connectivity index (χ4n) is 1.86. The van der Waals surface area contributed by atoms with Crippen LogP contribution in [0.25, 0.3) is 0 Å². The van der Waals surface area contributed by atoms with Gasteiger partial charge in [-0.15, -0.1) is 0 Å². The standard InChI is InChI=1S/C17H18ClNO2S/c1-21-16-4-2-3-14(17(16)20)11-19-9-10-22-12-13-5-7-15(18)8-6-13/h2-8,11,20H,9-10,12H2,1H3. The number of methoxy groups -OCH3 is 1. The second kappa shape index (κ2) is 8.71. The highest BCUT2D eigenvalue weighted by Gasteiger charge is 2.04. The van der Waals surface area contributed by atoms with Crippen LogP contribution < -0.4 is 4.74 Å². The predicted octanol–water partition coefficient (Wildman–Crippen LogP) is 4.41. The van der Waals surface area contributed by atoms with Crippen LogP contribution in [-0.2, 0) is 5.75 Å². The Hall–Kier alpha value is -1.65. The van der Waals surface area contributed by atoms with E-state index in [9.17, 15) is 5.11 Å². The number of nitrogens with zero attached hydrogens (tertiary/aromatic N) is 1. The van der Waals surface area contributed by atoms with Crippen molar-refractivity contribution in [3.8, 4) is 11.5 Å². The minimum atomic E-state index is 0.127. The lowest BCUT2D eigenvalue weighted by Crippen LogP contribution is -1.91. The summed E-state index contributed by atoms with van der Waals surface area (Å²) < 4.78 is 5.06. The number of aliphatic imine (C=N–C) groups is 1. The zero-order valence-corrected chi connectivity index (χ0v) is 13.9. The first kappa shape index (κ1) is 16.7. The molecule has 0 saturated heterocycles. The summed E-state index contributed by atoms with van der Waals surface area (Å²) in [7, 11) is 1.53. The second-order valence-electron chi connectivity index (χ2n) is 4.61. The van der Waals surface area contributed by atoms with E-state index in [1.807, 2.05) is 48.2 Å². The van der Waals surface area contributed by atoms with E-state index in [0.717, 1.165) is 16.5 Å². The van der Waals surface area contributed by atoms with E-state index in [0.29, 0.717) is 17.9 Å². The summed E-state index contributed by atoms with van der Waals surface area (Å²) in [5, 5.41) is 10.7. The topological polar surface area (TPSA) is 41.8 Å². The number of aromatic hydroxyl groups is 1. The molecule has 0 radical (unpaired) electrons. The fourth-order valence-corrected chi connectivity index (χ4v) is 2.79. The molecule has 0 aliphatic rings. The fraction of sp³-hybridized carbons (Fsp3) is 0.235. The van der Waals surface area contributed by atoms with Crippen LogP contribution in [0.3, 0.4) is 0 Å². The van der Waals surface area contributed by atoms with Gasteiger partial charge in [-0.2, -0.15) is 11.8 Å². The normalized spacial score (nSPS) is 11.0. The predicted molar refractivity (Wildman–Crippen MR) is 94.7 cm³/mol. The van der Waals surface area contributed by atoms with Crippen molar-refractivity contribution in [1.82, 2.24) is 0 Å². The van der Waals surface area contributed by atoms with Crippen molar-refractivity contribution in [2.24, 2.45) is 4.99 Å². The van der Waals surface area contributed by atoms with Crippen molar-refractivity contribution in [2.75, 3.05) is 19.4 Å². The third-order valence-corrected chi connectivity index (χ3v) is 4.29. The van der Waals surface area contributed by atoms with Crippen LogP contribution in [-0.4, -0.2) is 30.7 Å². The molecule has 0 unspecified atom stereocenters. The Morgan fingerprint density at radius 2 is 2.00 bits per heavy atom. The number of benzene rings is 2. The average molecular weight is 336 g/mol. The SMILES string of the molecule is COc1cccc(C=NCCSCc2ccc(Cl)cc2)c1O. The third kappa shape index (κ3) is 4.97. The molecule has 0 atom stereocenters. The summed E-state index contributed by atoms with van der Waals surface area (Å²) >= 11 is 7.67. The van der Waals surface area contributed by atoms with Gasteiger partial charge in [-0.3, -0.25) is 4.99 Å². The highest BCUT2D eigenvalue weighted by molar-refractivity contribution is 7.98. The number of hydrogen-bond donors (Lipinski definition) is 1. The van der Waals surface area contributed by atoms with Gasteiger partial charge in [0.25, 0.3) is 0 Å². The number of phenolic OH excluding ortho intramolecular Hbond substituents is 1. The van der Waals surface area contributed by atoms with Gasteiger partial charge in [-0.25, -0.2) is 0 Å². The Bertz CT molecular complexity index is 629.